The summed E-state index contributed by atoms with van der Waals surface area (Å²) in [6.07, 6.45) is 0. The molecule has 3 heteroatoms. The van der Waals surface area contributed by atoms with Crippen molar-refractivity contribution in [3.05, 3.63) is 70.3 Å². The van der Waals surface area contributed by atoms with Crippen molar-refractivity contribution in [1.82, 2.24) is 5.32 Å². The first-order valence-corrected chi connectivity index (χ1v) is 6.78. The Hall–Kier alpha value is -1.74. The molecule has 0 saturated heterocycles. The van der Waals surface area contributed by atoms with E-state index in [1.807, 2.05) is 39.0 Å². The third-order valence-electron chi connectivity index (χ3n) is 3.42. The average Bonchev–Trinajstić information content (AvgIpc) is 2.42. The molecule has 0 aliphatic rings. The second kappa shape index (κ2) is 6.14. The number of halogens is 2. The SMILES string of the molecule is CCNC(c1cc(C)ccc1C)c1cc(F)ccc1F. The largest absolute Gasteiger partial charge is 0.306 e. The molecular formula is C17H19F2N. The minimum absolute atomic E-state index is 0.337. The molecule has 2 aromatic carbocycles. The van der Waals surface area contributed by atoms with E-state index in [9.17, 15) is 8.78 Å². The first-order valence-electron chi connectivity index (χ1n) is 6.78. The molecule has 0 saturated carbocycles. The summed E-state index contributed by atoms with van der Waals surface area (Å²) in [7, 11) is 0. The van der Waals surface area contributed by atoms with Gasteiger partial charge >= 0.3 is 0 Å². The van der Waals surface area contributed by atoms with Gasteiger partial charge in [0.05, 0.1) is 6.04 Å². The predicted molar refractivity (Wildman–Crippen MR) is 77.8 cm³/mol. The smallest absolute Gasteiger partial charge is 0.128 e. The summed E-state index contributed by atoms with van der Waals surface area (Å²) in [5.74, 6) is -0.812. The molecule has 106 valence electrons. The standard InChI is InChI=1S/C17H19F2N/c1-4-20-17(14-9-11(2)5-6-12(14)3)15-10-13(18)7-8-16(15)19/h5-10,17,20H,4H2,1-3H3. The van der Waals surface area contributed by atoms with Gasteiger partial charge in [-0.3, -0.25) is 0 Å². The van der Waals surface area contributed by atoms with Crippen molar-refractivity contribution in [1.29, 1.82) is 0 Å². The molecular weight excluding hydrogens is 256 g/mol. The molecule has 0 fully saturated rings. The minimum Gasteiger partial charge on any atom is -0.306 e. The van der Waals surface area contributed by atoms with Gasteiger partial charge in [0.15, 0.2) is 0 Å². The van der Waals surface area contributed by atoms with Crippen LogP contribution in [0.3, 0.4) is 0 Å². The van der Waals surface area contributed by atoms with E-state index in [4.69, 9.17) is 0 Å². The van der Waals surface area contributed by atoms with Gasteiger partial charge in [-0.1, -0.05) is 30.7 Å². The summed E-state index contributed by atoms with van der Waals surface area (Å²) in [5.41, 5.74) is 3.49. The van der Waals surface area contributed by atoms with Crippen LogP contribution in [0.25, 0.3) is 0 Å². The van der Waals surface area contributed by atoms with Gasteiger partial charge in [0.2, 0.25) is 0 Å². The zero-order valence-electron chi connectivity index (χ0n) is 12.0. The van der Waals surface area contributed by atoms with Gasteiger partial charge in [0, 0.05) is 5.56 Å². The predicted octanol–water partition coefficient (Wildman–Crippen LogP) is 4.28. The Kier molecular flexibility index (Phi) is 4.50. The highest BCUT2D eigenvalue weighted by Crippen LogP contribution is 2.28. The quantitative estimate of drug-likeness (QED) is 0.878. The normalized spacial score (nSPS) is 12.4. The van der Waals surface area contributed by atoms with Crippen molar-refractivity contribution in [2.45, 2.75) is 26.8 Å². The van der Waals surface area contributed by atoms with Crippen LogP contribution >= 0.6 is 0 Å². The zero-order chi connectivity index (χ0) is 14.7. The fourth-order valence-electron chi connectivity index (χ4n) is 2.40. The lowest BCUT2D eigenvalue weighted by molar-refractivity contribution is 0.543. The first-order chi connectivity index (χ1) is 9.52. The van der Waals surface area contributed by atoms with Crippen LogP contribution in [0.2, 0.25) is 0 Å². The molecule has 1 atom stereocenters. The van der Waals surface area contributed by atoms with Gasteiger partial charge in [-0.2, -0.15) is 0 Å². The average molecular weight is 275 g/mol. The van der Waals surface area contributed by atoms with E-state index >= 15 is 0 Å². The monoisotopic (exact) mass is 275 g/mol. The summed E-state index contributed by atoms with van der Waals surface area (Å²) in [6, 6.07) is 9.30. The van der Waals surface area contributed by atoms with Crippen LogP contribution in [0.15, 0.2) is 36.4 Å². The maximum atomic E-state index is 14.1. The molecule has 0 heterocycles. The fraction of sp³-hybridized carbons (Fsp3) is 0.294. The first kappa shape index (κ1) is 14.7. The summed E-state index contributed by atoms with van der Waals surface area (Å²) in [4.78, 5) is 0. The highest BCUT2D eigenvalue weighted by Gasteiger charge is 2.19. The van der Waals surface area contributed by atoms with Gasteiger partial charge in [0.1, 0.15) is 11.6 Å². The van der Waals surface area contributed by atoms with E-state index in [1.165, 1.54) is 12.1 Å². The molecule has 0 amide bonds. The number of hydrogen-bond acceptors (Lipinski definition) is 1. The van der Waals surface area contributed by atoms with Crippen molar-refractivity contribution in [3.8, 4) is 0 Å². The van der Waals surface area contributed by atoms with Crippen molar-refractivity contribution in [3.63, 3.8) is 0 Å². The number of rotatable bonds is 4. The van der Waals surface area contributed by atoms with E-state index in [-0.39, 0.29) is 6.04 Å². The van der Waals surface area contributed by atoms with E-state index in [1.54, 1.807) is 0 Å². The van der Waals surface area contributed by atoms with Crippen LogP contribution in [0.4, 0.5) is 8.78 Å². The summed E-state index contributed by atoms with van der Waals surface area (Å²) in [5, 5.41) is 3.24. The van der Waals surface area contributed by atoms with Crippen LogP contribution in [0.1, 0.15) is 35.2 Å². The lowest BCUT2D eigenvalue weighted by Crippen LogP contribution is -2.24. The Labute approximate surface area is 118 Å². The van der Waals surface area contributed by atoms with E-state index in [2.05, 4.69) is 5.32 Å². The topological polar surface area (TPSA) is 12.0 Å². The van der Waals surface area contributed by atoms with Gasteiger partial charge in [-0.25, -0.2) is 8.78 Å². The lowest BCUT2D eigenvalue weighted by atomic mass is 9.93. The van der Waals surface area contributed by atoms with Crippen LogP contribution in [-0.2, 0) is 0 Å². The van der Waals surface area contributed by atoms with E-state index < -0.39 is 11.6 Å². The third kappa shape index (κ3) is 3.05. The Balaban J connectivity index is 2.55. The molecule has 1 N–H and O–H groups in total. The maximum Gasteiger partial charge on any atom is 0.128 e. The second-order valence-electron chi connectivity index (χ2n) is 5.02. The number of hydrogen-bond donors (Lipinski definition) is 1. The lowest BCUT2D eigenvalue weighted by Gasteiger charge is -2.22. The maximum absolute atomic E-state index is 14.1. The second-order valence-corrected chi connectivity index (χ2v) is 5.02. The summed E-state index contributed by atoms with van der Waals surface area (Å²) in [6.45, 7) is 6.60. The van der Waals surface area contributed by atoms with Gasteiger partial charge < -0.3 is 5.32 Å². The molecule has 0 bridgehead atoms. The Morgan fingerprint density at radius 2 is 1.75 bits per heavy atom. The Bertz CT molecular complexity index is 556. The number of benzene rings is 2. The molecule has 2 aromatic rings. The molecule has 2 rings (SSSR count). The molecule has 1 nitrogen and oxygen atoms in total. The van der Waals surface area contributed by atoms with Crippen molar-refractivity contribution < 1.29 is 8.78 Å². The molecule has 0 aliphatic heterocycles. The molecule has 0 radical (unpaired) electrons. The molecule has 1 unspecified atom stereocenters. The fourth-order valence-corrected chi connectivity index (χ4v) is 2.40. The summed E-state index contributed by atoms with van der Waals surface area (Å²) < 4.78 is 27.5. The zero-order valence-corrected chi connectivity index (χ0v) is 12.0. The van der Waals surface area contributed by atoms with Crippen LogP contribution in [0, 0.1) is 25.5 Å². The van der Waals surface area contributed by atoms with E-state index in [0.29, 0.717) is 12.1 Å². The minimum atomic E-state index is -0.422. The van der Waals surface area contributed by atoms with Gasteiger partial charge in [-0.05, 0) is 49.7 Å². The van der Waals surface area contributed by atoms with Crippen molar-refractivity contribution >= 4 is 0 Å². The molecule has 0 spiro atoms. The molecule has 20 heavy (non-hydrogen) atoms. The highest BCUT2D eigenvalue weighted by atomic mass is 19.1. The third-order valence-corrected chi connectivity index (χ3v) is 3.42. The Morgan fingerprint density at radius 1 is 1.00 bits per heavy atom. The van der Waals surface area contributed by atoms with Crippen molar-refractivity contribution in [2.24, 2.45) is 0 Å². The number of aryl methyl sites for hydroxylation is 2. The van der Waals surface area contributed by atoms with Gasteiger partial charge in [0.25, 0.3) is 0 Å². The summed E-state index contributed by atoms with van der Waals surface area (Å²) >= 11 is 0. The Morgan fingerprint density at radius 3 is 2.45 bits per heavy atom. The van der Waals surface area contributed by atoms with E-state index in [0.717, 1.165) is 22.8 Å². The van der Waals surface area contributed by atoms with Crippen LogP contribution in [0.5, 0.6) is 0 Å². The number of nitrogens with one attached hydrogen (secondary N) is 1. The van der Waals surface area contributed by atoms with Gasteiger partial charge in [-0.15, -0.1) is 0 Å². The highest BCUT2D eigenvalue weighted by molar-refractivity contribution is 5.39. The van der Waals surface area contributed by atoms with Crippen molar-refractivity contribution in [2.75, 3.05) is 6.54 Å². The van der Waals surface area contributed by atoms with Crippen LogP contribution in [-0.4, -0.2) is 6.54 Å². The van der Waals surface area contributed by atoms with Crippen LogP contribution < -0.4 is 5.32 Å². The molecule has 0 aromatic heterocycles. The molecule has 0 aliphatic carbocycles.